The number of nitrogens with two attached hydrogens (primary N) is 1. The van der Waals surface area contributed by atoms with E-state index in [1.165, 1.54) is 5.01 Å². The first-order valence-corrected chi connectivity index (χ1v) is 5.25. The van der Waals surface area contributed by atoms with Crippen LogP contribution in [0.4, 0.5) is 4.79 Å². The number of hydrogen-bond donors (Lipinski definition) is 1. The Morgan fingerprint density at radius 3 is 2.40 bits per heavy atom. The zero-order chi connectivity index (χ0) is 11.5. The Morgan fingerprint density at radius 2 is 1.93 bits per heavy atom. The average molecular weight is 216 g/mol. The molecular weight excluding hydrogens is 196 g/mol. The van der Waals surface area contributed by atoms with Crippen LogP contribution in [0.15, 0.2) is 0 Å². The van der Waals surface area contributed by atoms with Gasteiger partial charge in [0.25, 0.3) is 0 Å². The van der Waals surface area contributed by atoms with Crippen LogP contribution >= 0.6 is 0 Å². The first-order valence-electron chi connectivity index (χ1n) is 5.25. The van der Waals surface area contributed by atoms with Crippen molar-refractivity contribution in [3.63, 3.8) is 0 Å². The Labute approximate surface area is 90.5 Å². The summed E-state index contributed by atoms with van der Waals surface area (Å²) in [7, 11) is 0. The van der Waals surface area contributed by atoms with E-state index < -0.39 is 11.7 Å². The van der Waals surface area contributed by atoms with Crippen LogP contribution in [0, 0.1) is 0 Å². The highest BCUT2D eigenvalue weighted by Crippen LogP contribution is 2.15. The van der Waals surface area contributed by atoms with Crippen molar-refractivity contribution in [2.45, 2.75) is 45.3 Å². The van der Waals surface area contributed by atoms with Gasteiger partial charge in [0, 0.05) is 13.2 Å². The minimum Gasteiger partial charge on any atom is -0.443 e. The predicted molar refractivity (Wildman–Crippen MR) is 56.1 cm³/mol. The maximum absolute atomic E-state index is 11.6. The van der Waals surface area contributed by atoms with Gasteiger partial charge >= 0.3 is 6.09 Å². The molecule has 0 atom stereocenters. The number of amides is 1. The third-order valence-electron chi connectivity index (χ3n) is 2.19. The van der Waals surface area contributed by atoms with Crippen molar-refractivity contribution in [1.82, 2.24) is 5.01 Å². The number of nitrogens with zero attached hydrogens (tertiary/aromatic N) is 1. The topological polar surface area (TPSA) is 64.8 Å². The Hall–Kier alpha value is -0.810. The van der Waals surface area contributed by atoms with Crippen LogP contribution in [0.5, 0.6) is 0 Å². The van der Waals surface area contributed by atoms with Gasteiger partial charge in [-0.05, 0) is 33.6 Å². The lowest BCUT2D eigenvalue weighted by atomic mass is 10.1. The number of hydrogen-bond acceptors (Lipinski definition) is 4. The van der Waals surface area contributed by atoms with Gasteiger partial charge in [0.15, 0.2) is 0 Å². The minimum atomic E-state index is -0.500. The monoisotopic (exact) mass is 216 g/mol. The van der Waals surface area contributed by atoms with E-state index in [-0.39, 0.29) is 6.04 Å². The lowest BCUT2D eigenvalue weighted by Crippen LogP contribution is -2.49. The van der Waals surface area contributed by atoms with Gasteiger partial charge in [0.05, 0.1) is 6.04 Å². The van der Waals surface area contributed by atoms with Gasteiger partial charge in [0.1, 0.15) is 5.60 Å². The minimum absolute atomic E-state index is 0.0357. The van der Waals surface area contributed by atoms with Crippen LogP contribution in [-0.4, -0.2) is 36.0 Å². The van der Waals surface area contributed by atoms with Crippen LogP contribution in [0.2, 0.25) is 0 Å². The van der Waals surface area contributed by atoms with Crippen molar-refractivity contribution < 1.29 is 14.3 Å². The molecule has 0 aromatic rings. The van der Waals surface area contributed by atoms with E-state index in [2.05, 4.69) is 0 Å². The second-order valence-corrected chi connectivity index (χ2v) is 4.73. The van der Waals surface area contributed by atoms with Gasteiger partial charge < -0.3 is 9.47 Å². The second-order valence-electron chi connectivity index (χ2n) is 4.73. The molecule has 1 amide bonds. The maximum Gasteiger partial charge on any atom is 0.424 e. The molecule has 1 heterocycles. The first-order chi connectivity index (χ1) is 6.90. The molecule has 0 aromatic heterocycles. The van der Waals surface area contributed by atoms with Crippen molar-refractivity contribution >= 4 is 6.09 Å². The zero-order valence-electron chi connectivity index (χ0n) is 9.66. The van der Waals surface area contributed by atoms with E-state index in [4.69, 9.17) is 15.3 Å². The largest absolute Gasteiger partial charge is 0.443 e. The molecule has 5 heteroatoms. The Bertz CT molecular complexity index is 219. The second kappa shape index (κ2) is 4.81. The average Bonchev–Trinajstić information content (AvgIpc) is 2.15. The van der Waals surface area contributed by atoms with Crippen molar-refractivity contribution in [3.05, 3.63) is 0 Å². The molecule has 0 unspecified atom stereocenters. The predicted octanol–water partition coefficient (Wildman–Crippen LogP) is 1.28. The highest BCUT2D eigenvalue weighted by molar-refractivity contribution is 5.67. The summed E-state index contributed by atoms with van der Waals surface area (Å²) in [4.78, 5) is 11.6. The summed E-state index contributed by atoms with van der Waals surface area (Å²) in [6.07, 6.45) is 1.08. The third-order valence-corrected chi connectivity index (χ3v) is 2.19. The molecule has 1 aliphatic heterocycles. The van der Waals surface area contributed by atoms with Gasteiger partial charge in [-0.2, -0.15) is 0 Å². The van der Waals surface area contributed by atoms with Crippen molar-refractivity contribution in [2.24, 2.45) is 5.84 Å². The SMILES string of the molecule is CC(C)(C)OC(=O)N(N)C1CCOCC1. The van der Waals surface area contributed by atoms with E-state index in [1.807, 2.05) is 20.8 Å². The molecule has 1 saturated heterocycles. The molecule has 0 bridgehead atoms. The summed E-state index contributed by atoms with van der Waals surface area (Å²) in [5.74, 6) is 5.70. The van der Waals surface area contributed by atoms with E-state index in [9.17, 15) is 4.79 Å². The normalized spacial score (nSPS) is 18.7. The Balaban J connectivity index is 2.44. The van der Waals surface area contributed by atoms with Crippen molar-refractivity contribution in [3.8, 4) is 0 Å². The fraction of sp³-hybridized carbons (Fsp3) is 0.900. The fourth-order valence-electron chi connectivity index (χ4n) is 1.43. The van der Waals surface area contributed by atoms with E-state index >= 15 is 0 Å². The molecular formula is C10H20N2O3. The summed E-state index contributed by atoms with van der Waals surface area (Å²) >= 11 is 0. The molecule has 0 saturated carbocycles. The number of hydrazine groups is 1. The molecule has 1 fully saturated rings. The van der Waals surface area contributed by atoms with Gasteiger partial charge in [-0.15, -0.1) is 0 Å². The number of rotatable bonds is 1. The number of ether oxygens (including phenoxy) is 2. The molecule has 2 N–H and O–H groups in total. The Morgan fingerprint density at radius 1 is 1.40 bits per heavy atom. The molecule has 88 valence electrons. The van der Waals surface area contributed by atoms with Crippen molar-refractivity contribution in [2.75, 3.05) is 13.2 Å². The van der Waals surface area contributed by atoms with Gasteiger partial charge in [-0.1, -0.05) is 0 Å². The van der Waals surface area contributed by atoms with Gasteiger partial charge in [-0.25, -0.2) is 15.6 Å². The van der Waals surface area contributed by atoms with Gasteiger partial charge in [-0.3, -0.25) is 0 Å². The van der Waals surface area contributed by atoms with E-state index in [0.717, 1.165) is 12.8 Å². The molecule has 1 aliphatic rings. The molecule has 0 radical (unpaired) electrons. The number of carbonyl (C=O) groups excluding carboxylic acids is 1. The Kier molecular flexibility index (Phi) is 3.93. The zero-order valence-corrected chi connectivity index (χ0v) is 9.66. The van der Waals surface area contributed by atoms with Crippen LogP contribution in [0.1, 0.15) is 33.6 Å². The molecule has 15 heavy (non-hydrogen) atoms. The maximum atomic E-state index is 11.6. The molecule has 0 aliphatic carbocycles. The molecule has 0 aromatic carbocycles. The summed E-state index contributed by atoms with van der Waals surface area (Å²) in [6.45, 7) is 6.77. The molecule has 1 rings (SSSR count). The lowest BCUT2D eigenvalue weighted by molar-refractivity contribution is -0.00599. The quantitative estimate of drug-likeness (QED) is 0.407. The highest BCUT2D eigenvalue weighted by Gasteiger charge is 2.27. The summed E-state index contributed by atoms with van der Waals surface area (Å²) in [5.41, 5.74) is -0.500. The van der Waals surface area contributed by atoms with E-state index in [1.54, 1.807) is 0 Å². The number of carbonyl (C=O) groups is 1. The summed E-state index contributed by atoms with van der Waals surface area (Å²) in [6, 6.07) is 0.0357. The molecule has 0 spiro atoms. The third kappa shape index (κ3) is 4.05. The summed E-state index contributed by atoms with van der Waals surface area (Å²) < 4.78 is 10.4. The van der Waals surface area contributed by atoms with Crippen LogP contribution < -0.4 is 5.84 Å². The first kappa shape index (κ1) is 12.3. The van der Waals surface area contributed by atoms with Gasteiger partial charge in [0.2, 0.25) is 0 Å². The molecule has 5 nitrogen and oxygen atoms in total. The lowest BCUT2D eigenvalue weighted by Gasteiger charge is -2.32. The smallest absolute Gasteiger partial charge is 0.424 e. The van der Waals surface area contributed by atoms with Crippen LogP contribution in [0.3, 0.4) is 0 Å². The van der Waals surface area contributed by atoms with Crippen LogP contribution in [0.25, 0.3) is 0 Å². The van der Waals surface area contributed by atoms with Crippen LogP contribution in [-0.2, 0) is 9.47 Å². The highest BCUT2D eigenvalue weighted by atomic mass is 16.6. The fourth-order valence-corrected chi connectivity index (χ4v) is 1.43. The summed E-state index contributed by atoms with van der Waals surface area (Å²) in [5, 5.41) is 1.19. The standard InChI is InChI=1S/C10H20N2O3/c1-10(2,3)15-9(13)12(11)8-4-6-14-7-5-8/h8H,4-7,11H2,1-3H3. The van der Waals surface area contributed by atoms with Crippen molar-refractivity contribution in [1.29, 1.82) is 0 Å². The van der Waals surface area contributed by atoms with E-state index in [0.29, 0.717) is 13.2 Å².